The summed E-state index contributed by atoms with van der Waals surface area (Å²) >= 11 is 0. The first-order chi connectivity index (χ1) is 4.16. The van der Waals surface area contributed by atoms with Gasteiger partial charge in [0.25, 0.3) is 0 Å². The van der Waals surface area contributed by atoms with Gasteiger partial charge in [-0.2, -0.15) is 0 Å². The summed E-state index contributed by atoms with van der Waals surface area (Å²) in [6.07, 6.45) is 2.47. The van der Waals surface area contributed by atoms with Gasteiger partial charge in [0.15, 0.2) is 0 Å². The van der Waals surface area contributed by atoms with E-state index in [0.29, 0.717) is 5.57 Å². The second kappa shape index (κ2) is 4.27. The van der Waals surface area contributed by atoms with E-state index in [1.54, 1.807) is 6.29 Å². The first-order valence-corrected chi connectivity index (χ1v) is 2.87. The van der Waals surface area contributed by atoms with Crippen LogP contribution < -0.4 is 0 Å². The van der Waals surface area contributed by atoms with Crippen LogP contribution in [0.15, 0.2) is 12.2 Å². The van der Waals surface area contributed by atoms with Crippen molar-refractivity contribution in [3.05, 3.63) is 12.2 Å². The fourth-order valence-corrected chi connectivity index (χ4v) is 0.410. The minimum Gasteiger partial charge on any atom is -0.309 e. The van der Waals surface area contributed by atoms with Gasteiger partial charge in [0.05, 0.1) is 0 Å². The third-order valence-corrected chi connectivity index (χ3v) is 1.01. The van der Waals surface area contributed by atoms with Crippen molar-refractivity contribution in [2.45, 2.75) is 6.42 Å². The van der Waals surface area contributed by atoms with Gasteiger partial charge in [0.1, 0.15) is 0 Å². The van der Waals surface area contributed by atoms with Crippen molar-refractivity contribution in [3.63, 3.8) is 0 Å². The Morgan fingerprint density at radius 2 is 2.22 bits per heavy atom. The maximum absolute atomic E-state index is 9.87. The zero-order valence-corrected chi connectivity index (χ0v) is 5.98. The van der Waals surface area contributed by atoms with Crippen LogP contribution in [0.3, 0.4) is 0 Å². The van der Waals surface area contributed by atoms with Crippen LogP contribution in [-0.4, -0.2) is 31.8 Å². The second-order valence-electron chi connectivity index (χ2n) is 2.26. The van der Waals surface area contributed by atoms with Crippen molar-refractivity contribution < 1.29 is 4.79 Å². The van der Waals surface area contributed by atoms with E-state index in [2.05, 4.69) is 6.58 Å². The molecule has 0 aliphatic rings. The molecular weight excluding hydrogens is 114 g/mol. The van der Waals surface area contributed by atoms with Gasteiger partial charge < -0.3 is 4.90 Å². The predicted octanol–water partition coefficient (Wildman–Crippen LogP) is 0.604. The van der Waals surface area contributed by atoms with Crippen molar-refractivity contribution in [1.29, 1.82) is 0 Å². The summed E-state index contributed by atoms with van der Waals surface area (Å²) in [5.74, 6) is 0. The molecule has 9 heavy (non-hydrogen) atoms. The van der Waals surface area contributed by atoms with Crippen LogP contribution in [0.4, 0.5) is 0 Å². The molecule has 0 saturated heterocycles. The van der Waals surface area contributed by atoms with Crippen LogP contribution in [0.5, 0.6) is 0 Å². The van der Waals surface area contributed by atoms with Crippen LogP contribution in [0, 0.1) is 0 Å². The van der Waals surface area contributed by atoms with Crippen LogP contribution in [0.25, 0.3) is 0 Å². The quantitative estimate of drug-likeness (QED) is 0.514. The number of hydrogen-bond donors (Lipinski definition) is 0. The van der Waals surface area contributed by atoms with Crippen molar-refractivity contribution in [3.8, 4) is 0 Å². The molecule has 0 aliphatic heterocycles. The molecule has 0 aliphatic carbocycles. The summed E-state index contributed by atoms with van der Waals surface area (Å²) in [5, 5.41) is 0. The fourth-order valence-electron chi connectivity index (χ4n) is 0.410. The predicted molar refractivity (Wildman–Crippen MR) is 38.0 cm³/mol. The van der Waals surface area contributed by atoms with Crippen molar-refractivity contribution >= 4 is 6.29 Å². The lowest BCUT2D eigenvalue weighted by atomic mass is 10.2. The fraction of sp³-hybridized carbons (Fsp3) is 0.571. The minimum absolute atomic E-state index is 0.545. The highest BCUT2D eigenvalue weighted by molar-refractivity contribution is 5.72. The third-order valence-electron chi connectivity index (χ3n) is 1.01. The number of rotatable bonds is 4. The molecular formula is C7H12NO. The molecule has 0 rings (SSSR count). The van der Waals surface area contributed by atoms with Gasteiger partial charge in [-0.05, 0) is 26.1 Å². The molecule has 0 unspecified atom stereocenters. The number of carbonyl (C=O) groups excluding carboxylic acids is 1. The molecule has 0 fully saturated rings. The Morgan fingerprint density at radius 1 is 1.67 bits per heavy atom. The SMILES string of the molecule is C=C([C]=O)CCN(C)C. The van der Waals surface area contributed by atoms with Crippen LogP contribution in [0.1, 0.15) is 6.42 Å². The van der Waals surface area contributed by atoms with Crippen LogP contribution in [0.2, 0.25) is 0 Å². The van der Waals surface area contributed by atoms with Crippen LogP contribution in [-0.2, 0) is 4.79 Å². The summed E-state index contributed by atoms with van der Waals surface area (Å²) < 4.78 is 0. The molecule has 0 aromatic rings. The maximum Gasteiger partial charge on any atom is 0.228 e. The second-order valence-corrected chi connectivity index (χ2v) is 2.26. The smallest absolute Gasteiger partial charge is 0.228 e. The number of nitrogens with zero attached hydrogens (tertiary/aromatic N) is 1. The summed E-state index contributed by atoms with van der Waals surface area (Å²) in [5.41, 5.74) is 0.545. The molecule has 0 N–H and O–H groups in total. The molecule has 0 atom stereocenters. The molecule has 0 amide bonds. The summed E-state index contributed by atoms with van der Waals surface area (Å²) in [7, 11) is 3.91. The molecule has 2 nitrogen and oxygen atoms in total. The van der Waals surface area contributed by atoms with E-state index in [-0.39, 0.29) is 0 Å². The Bertz CT molecular complexity index is 107. The van der Waals surface area contributed by atoms with E-state index in [0.717, 1.165) is 13.0 Å². The summed E-state index contributed by atoms with van der Waals surface area (Å²) in [6.45, 7) is 4.36. The van der Waals surface area contributed by atoms with Crippen molar-refractivity contribution in [1.82, 2.24) is 4.90 Å². The van der Waals surface area contributed by atoms with Gasteiger partial charge in [-0.3, -0.25) is 4.79 Å². The zero-order valence-electron chi connectivity index (χ0n) is 5.98. The lowest BCUT2D eigenvalue weighted by molar-refractivity contribution is 0.414. The minimum atomic E-state index is 0.545. The van der Waals surface area contributed by atoms with E-state index in [1.807, 2.05) is 19.0 Å². The summed E-state index contributed by atoms with van der Waals surface area (Å²) in [4.78, 5) is 11.9. The lowest BCUT2D eigenvalue weighted by Gasteiger charge is -2.06. The maximum atomic E-state index is 9.87. The topological polar surface area (TPSA) is 20.3 Å². The van der Waals surface area contributed by atoms with Gasteiger partial charge in [-0.25, -0.2) is 0 Å². The van der Waals surface area contributed by atoms with Crippen molar-refractivity contribution in [2.75, 3.05) is 20.6 Å². The molecule has 0 bridgehead atoms. The van der Waals surface area contributed by atoms with E-state index in [4.69, 9.17) is 0 Å². The first-order valence-electron chi connectivity index (χ1n) is 2.87. The van der Waals surface area contributed by atoms with E-state index in [1.165, 1.54) is 0 Å². The van der Waals surface area contributed by atoms with E-state index in [9.17, 15) is 4.79 Å². The highest BCUT2D eigenvalue weighted by Gasteiger charge is 1.92. The van der Waals surface area contributed by atoms with Gasteiger partial charge in [0, 0.05) is 6.54 Å². The Morgan fingerprint density at radius 3 is 2.56 bits per heavy atom. The molecule has 0 aromatic carbocycles. The Balaban J connectivity index is 3.27. The Hall–Kier alpha value is -0.630. The Labute approximate surface area is 56.2 Å². The monoisotopic (exact) mass is 126 g/mol. The average molecular weight is 126 g/mol. The van der Waals surface area contributed by atoms with Crippen molar-refractivity contribution in [2.24, 2.45) is 0 Å². The highest BCUT2D eigenvalue weighted by Crippen LogP contribution is 1.92. The highest BCUT2D eigenvalue weighted by atomic mass is 16.1. The normalized spacial score (nSPS) is 9.67. The zero-order chi connectivity index (χ0) is 7.28. The van der Waals surface area contributed by atoms with E-state index < -0.39 is 0 Å². The molecule has 0 aromatic heterocycles. The standard InChI is InChI=1S/C7H12NO/c1-7(6-9)4-5-8(2)3/h1,4-5H2,2-3H3. The molecule has 51 valence electrons. The first kappa shape index (κ1) is 8.37. The van der Waals surface area contributed by atoms with Gasteiger partial charge >= 0.3 is 0 Å². The largest absolute Gasteiger partial charge is 0.309 e. The van der Waals surface area contributed by atoms with Gasteiger partial charge in [0.2, 0.25) is 6.29 Å². The van der Waals surface area contributed by atoms with Crippen LogP contribution >= 0.6 is 0 Å². The lowest BCUT2D eigenvalue weighted by Crippen LogP contribution is -2.13. The molecule has 0 saturated carbocycles. The average Bonchev–Trinajstić information content (AvgIpc) is 1.83. The number of hydrogen-bond acceptors (Lipinski definition) is 2. The molecule has 0 spiro atoms. The van der Waals surface area contributed by atoms with Gasteiger partial charge in [-0.1, -0.05) is 6.58 Å². The molecule has 0 heterocycles. The third kappa shape index (κ3) is 5.24. The molecule has 1 radical (unpaired) electrons. The van der Waals surface area contributed by atoms with Gasteiger partial charge in [-0.15, -0.1) is 0 Å². The summed E-state index contributed by atoms with van der Waals surface area (Å²) in [6, 6.07) is 0. The molecule has 2 heteroatoms. The Kier molecular flexibility index (Phi) is 3.97. The van der Waals surface area contributed by atoms with E-state index >= 15 is 0 Å².